The molecule has 2 amide bonds. The minimum atomic E-state index is -3.24. The van der Waals surface area contributed by atoms with E-state index in [0.29, 0.717) is 29.6 Å². The maximum atomic E-state index is 13.1. The molecule has 0 saturated heterocycles. The van der Waals surface area contributed by atoms with Crippen molar-refractivity contribution in [3.63, 3.8) is 0 Å². The number of carboxylic acid groups (broad SMARTS) is 1. The first-order valence-electron chi connectivity index (χ1n) is 11.3. The van der Waals surface area contributed by atoms with Crippen LogP contribution in [0.2, 0.25) is 0 Å². The maximum absolute atomic E-state index is 13.1. The number of carbonyl (C=O) groups is 2. The second-order valence-corrected chi connectivity index (χ2v) is 12.9. The fourth-order valence-electron chi connectivity index (χ4n) is 3.81. The summed E-state index contributed by atoms with van der Waals surface area (Å²) in [7, 11) is -3.24. The Balaban J connectivity index is 1.63. The Labute approximate surface area is 214 Å². The molecule has 8 nitrogen and oxygen atoms in total. The molecule has 2 N–H and O–H groups in total. The van der Waals surface area contributed by atoms with Crippen molar-refractivity contribution < 1.29 is 23.1 Å². The number of sulfone groups is 1. The smallest absolute Gasteiger partial charge is 0.323 e. The predicted molar refractivity (Wildman–Crippen MR) is 139 cm³/mol. The van der Waals surface area contributed by atoms with Gasteiger partial charge in [0.1, 0.15) is 0 Å². The molecule has 35 heavy (non-hydrogen) atoms. The lowest BCUT2D eigenvalue weighted by Gasteiger charge is -2.35. The zero-order valence-electron chi connectivity index (χ0n) is 19.7. The van der Waals surface area contributed by atoms with E-state index in [2.05, 4.69) is 29.1 Å². The van der Waals surface area contributed by atoms with Gasteiger partial charge in [0.2, 0.25) is 0 Å². The van der Waals surface area contributed by atoms with Gasteiger partial charge in [-0.15, -0.1) is 11.8 Å². The van der Waals surface area contributed by atoms with Crippen molar-refractivity contribution in [2.45, 2.75) is 54.2 Å². The minimum absolute atomic E-state index is 0.0579. The summed E-state index contributed by atoms with van der Waals surface area (Å²) in [5.74, 6) is 5.82. The minimum Gasteiger partial charge on any atom is -0.481 e. The van der Waals surface area contributed by atoms with Gasteiger partial charge in [-0.2, -0.15) is 0 Å². The van der Waals surface area contributed by atoms with E-state index in [9.17, 15) is 18.0 Å². The number of nitrogens with one attached hydrogen (secondary N) is 1. The Morgan fingerprint density at radius 3 is 2.54 bits per heavy atom. The van der Waals surface area contributed by atoms with Crippen LogP contribution < -0.4 is 5.32 Å². The number of urea groups is 1. The summed E-state index contributed by atoms with van der Waals surface area (Å²) in [4.78, 5) is 30.2. The SMILES string of the molecule is CS(=O)(=O)c1ccc(C#CCCN(C(=O)Nc2ncc(SCC(=O)O)s2)[C@H]2CC[C@H](C)CC2)cc1. The van der Waals surface area contributed by atoms with E-state index in [-0.39, 0.29) is 22.7 Å². The number of anilines is 1. The molecule has 3 rings (SSSR count). The fraction of sp³-hybridized carbons (Fsp3) is 0.458. The van der Waals surface area contributed by atoms with E-state index in [1.54, 1.807) is 30.5 Å². The summed E-state index contributed by atoms with van der Waals surface area (Å²) in [6, 6.07) is 6.34. The highest BCUT2D eigenvalue weighted by molar-refractivity contribution is 8.01. The zero-order valence-corrected chi connectivity index (χ0v) is 22.1. The Morgan fingerprint density at radius 2 is 1.91 bits per heavy atom. The number of aliphatic carboxylic acids is 1. The van der Waals surface area contributed by atoms with Crippen molar-refractivity contribution in [1.29, 1.82) is 0 Å². The first-order valence-corrected chi connectivity index (χ1v) is 15.0. The van der Waals surface area contributed by atoms with Crippen LogP contribution in [0.15, 0.2) is 39.6 Å². The molecule has 1 saturated carbocycles. The van der Waals surface area contributed by atoms with Gasteiger partial charge in [0.15, 0.2) is 15.0 Å². The average Bonchev–Trinajstić information content (AvgIpc) is 3.25. The number of nitrogens with zero attached hydrogens (tertiary/aromatic N) is 2. The number of carbonyl (C=O) groups excluding carboxylic acids is 1. The van der Waals surface area contributed by atoms with Gasteiger partial charge < -0.3 is 10.0 Å². The molecule has 1 aliphatic rings. The third-order valence-electron chi connectivity index (χ3n) is 5.72. The predicted octanol–water partition coefficient (Wildman–Crippen LogP) is 4.58. The molecule has 1 aliphatic carbocycles. The molecule has 1 fully saturated rings. The van der Waals surface area contributed by atoms with Gasteiger partial charge >= 0.3 is 12.0 Å². The Bertz CT molecular complexity index is 1190. The Kier molecular flexibility index (Phi) is 9.60. The second kappa shape index (κ2) is 12.4. The van der Waals surface area contributed by atoms with E-state index in [1.165, 1.54) is 29.4 Å². The molecule has 0 unspecified atom stereocenters. The molecule has 188 valence electrons. The lowest BCUT2D eigenvalue weighted by molar-refractivity contribution is -0.133. The number of thiazole rings is 1. The van der Waals surface area contributed by atoms with Gasteiger partial charge in [-0.25, -0.2) is 18.2 Å². The van der Waals surface area contributed by atoms with Crippen LogP contribution in [0.3, 0.4) is 0 Å². The van der Waals surface area contributed by atoms with Gasteiger partial charge in [0.05, 0.1) is 21.1 Å². The molecule has 0 spiro atoms. The summed E-state index contributed by atoms with van der Waals surface area (Å²) in [5, 5.41) is 12.1. The topological polar surface area (TPSA) is 117 Å². The van der Waals surface area contributed by atoms with Crippen molar-refractivity contribution in [2.75, 3.05) is 23.9 Å². The maximum Gasteiger partial charge on any atom is 0.323 e. The highest BCUT2D eigenvalue weighted by Gasteiger charge is 2.27. The molecule has 0 atom stereocenters. The second-order valence-electron chi connectivity index (χ2n) is 8.55. The number of benzene rings is 1. The third kappa shape index (κ3) is 8.56. The number of aromatic nitrogens is 1. The third-order valence-corrected chi connectivity index (χ3v) is 8.94. The van der Waals surface area contributed by atoms with Crippen LogP contribution >= 0.6 is 23.1 Å². The quantitative estimate of drug-likeness (QED) is 0.375. The Hall–Kier alpha value is -2.55. The lowest BCUT2D eigenvalue weighted by atomic mass is 9.86. The molecular formula is C24H29N3O5S3. The van der Waals surface area contributed by atoms with Crippen molar-refractivity contribution in [2.24, 2.45) is 5.92 Å². The molecule has 1 aromatic carbocycles. The van der Waals surface area contributed by atoms with Crippen LogP contribution in [-0.2, 0) is 14.6 Å². The molecule has 2 aromatic rings. The first-order chi connectivity index (χ1) is 16.6. The molecule has 0 radical (unpaired) electrons. The average molecular weight is 536 g/mol. The summed E-state index contributed by atoms with van der Waals surface area (Å²) in [6.45, 7) is 2.69. The van der Waals surface area contributed by atoms with Crippen LogP contribution in [0, 0.1) is 17.8 Å². The van der Waals surface area contributed by atoms with E-state index in [1.807, 2.05) is 4.90 Å². The number of rotatable bonds is 8. The van der Waals surface area contributed by atoms with Crippen LogP contribution in [0.4, 0.5) is 9.93 Å². The molecule has 0 bridgehead atoms. The van der Waals surface area contributed by atoms with Gasteiger partial charge in [-0.3, -0.25) is 10.1 Å². The van der Waals surface area contributed by atoms with E-state index in [4.69, 9.17) is 5.11 Å². The first kappa shape index (κ1) is 27.0. The number of hydrogen-bond acceptors (Lipinski definition) is 7. The molecule has 1 aromatic heterocycles. The molecule has 11 heteroatoms. The van der Waals surface area contributed by atoms with Crippen molar-refractivity contribution >= 4 is 50.1 Å². The van der Waals surface area contributed by atoms with Crippen molar-refractivity contribution in [1.82, 2.24) is 9.88 Å². The summed E-state index contributed by atoms with van der Waals surface area (Å²) >= 11 is 2.43. The van der Waals surface area contributed by atoms with E-state index in [0.717, 1.165) is 29.9 Å². The van der Waals surface area contributed by atoms with Gasteiger partial charge in [0.25, 0.3) is 0 Å². The Morgan fingerprint density at radius 1 is 1.23 bits per heavy atom. The fourth-order valence-corrected chi connectivity index (χ4v) is 6.02. The van der Waals surface area contributed by atoms with Crippen molar-refractivity contribution in [3.05, 3.63) is 36.0 Å². The standard InChI is InChI=1S/C24H29N3O5S3/c1-17-6-10-19(11-7-17)27(24(30)26-23-25-15-22(34-23)33-16-21(28)29)14-4-3-5-18-8-12-20(13-9-18)35(2,31)32/h8-9,12-13,15,17,19H,4,6-7,10-11,14,16H2,1-2H3,(H,28,29)(H,25,26,30)/t17-,19-. The monoisotopic (exact) mass is 535 g/mol. The zero-order chi connectivity index (χ0) is 25.4. The normalized spacial score (nSPS) is 17.8. The molecule has 1 heterocycles. The van der Waals surface area contributed by atoms with E-state index >= 15 is 0 Å². The number of amides is 2. The summed E-state index contributed by atoms with van der Waals surface area (Å²) in [6.07, 6.45) is 7.23. The van der Waals surface area contributed by atoms with Crippen molar-refractivity contribution in [3.8, 4) is 11.8 Å². The van der Waals surface area contributed by atoms with Crippen LogP contribution in [-0.4, -0.2) is 60.0 Å². The van der Waals surface area contributed by atoms with Gasteiger partial charge in [-0.1, -0.05) is 30.1 Å². The van der Waals surface area contributed by atoms with Crippen LogP contribution in [0.25, 0.3) is 0 Å². The van der Waals surface area contributed by atoms with Crippen LogP contribution in [0.5, 0.6) is 0 Å². The van der Waals surface area contributed by atoms with E-state index < -0.39 is 15.8 Å². The largest absolute Gasteiger partial charge is 0.481 e. The lowest BCUT2D eigenvalue weighted by Crippen LogP contribution is -2.45. The molecular weight excluding hydrogens is 506 g/mol. The van der Waals surface area contributed by atoms with Crippen LogP contribution in [0.1, 0.15) is 44.6 Å². The number of carboxylic acids is 1. The highest BCUT2D eigenvalue weighted by atomic mass is 32.2. The summed E-state index contributed by atoms with van der Waals surface area (Å²) in [5.41, 5.74) is 0.717. The van der Waals surface area contributed by atoms with Gasteiger partial charge in [0, 0.05) is 30.8 Å². The number of thioether (sulfide) groups is 1. The summed E-state index contributed by atoms with van der Waals surface area (Å²) < 4.78 is 23.9. The van der Waals surface area contributed by atoms with Gasteiger partial charge in [-0.05, 0) is 55.9 Å². The number of hydrogen-bond donors (Lipinski definition) is 2. The highest BCUT2D eigenvalue weighted by Crippen LogP contribution is 2.30. The molecule has 0 aliphatic heterocycles.